The third-order valence-corrected chi connectivity index (χ3v) is 7.27. The summed E-state index contributed by atoms with van der Waals surface area (Å²) in [6.45, 7) is 4.38. The quantitative estimate of drug-likeness (QED) is 0.567. The molecule has 1 atom stereocenters. The minimum Gasteiger partial charge on any atom is -0.497 e. The standard InChI is InChI=1S/C28H37N3O3/c1-29-21-24(20-27(29)32)28(33)31(25-9-11-26(34-2)12-10-25)16-6-15-30-17-13-23(14-18-30)19-22-7-4-3-5-8-22/h3-5,7-12,23-24H,6,13-21H2,1-2H3. The molecule has 0 bridgehead atoms. The Morgan fingerprint density at radius 3 is 2.38 bits per heavy atom. The predicted molar refractivity (Wildman–Crippen MR) is 135 cm³/mol. The summed E-state index contributed by atoms with van der Waals surface area (Å²) in [5.41, 5.74) is 2.31. The number of rotatable bonds is 9. The molecule has 2 amide bonds. The number of hydrogen-bond donors (Lipinski definition) is 0. The van der Waals surface area contributed by atoms with Gasteiger partial charge in [-0.2, -0.15) is 0 Å². The van der Waals surface area contributed by atoms with Crippen molar-refractivity contribution in [3.63, 3.8) is 0 Å². The molecule has 182 valence electrons. The van der Waals surface area contributed by atoms with Crippen LogP contribution in [-0.4, -0.2) is 68.5 Å². The van der Waals surface area contributed by atoms with Crippen molar-refractivity contribution in [3.05, 3.63) is 60.2 Å². The van der Waals surface area contributed by atoms with Crippen molar-refractivity contribution in [1.82, 2.24) is 9.80 Å². The average molecular weight is 464 g/mol. The Kier molecular flexibility index (Phi) is 8.22. The number of piperidine rings is 1. The number of carbonyl (C=O) groups excluding carboxylic acids is 2. The lowest BCUT2D eigenvalue weighted by atomic mass is 9.90. The zero-order valence-corrected chi connectivity index (χ0v) is 20.5. The van der Waals surface area contributed by atoms with Gasteiger partial charge >= 0.3 is 0 Å². The molecule has 4 rings (SSSR count). The Bertz CT molecular complexity index is 939. The lowest BCUT2D eigenvalue weighted by molar-refractivity contribution is -0.127. The number of anilines is 1. The second-order valence-corrected chi connectivity index (χ2v) is 9.69. The van der Waals surface area contributed by atoms with Gasteiger partial charge in [-0.05, 0) is 81.1 Å². The fourth-order valence-electron chi connectivity index (χ4n) is 5.19. The van der Waals surface area contributed by atoms with Crippen LogP contribution in [0.2, 0.25) is 0 Å². The molecule has 2 saturated heterocycles. The van der Waals surface area contributed by atoms with Gasteiger partial charge < -0.3 is 19.4 Å². The summed E-state index contributed by atoms with van der Waals surface area (Å²) in [7, 11) is 3.41. The number of benzene rings is 2. The van der Waals surface area contributed by atoms with Crippen LogP contribution in [-0.2, 0) is 16.0 Å². The highest BCUT2D eigenvalue weighted by atomic mass is 16.5. The first kappa shape index (κ1) is 24.3. The van der Waals surface area contributed by atoms with Gasteiger partial charge in [0.2, 0.25) is 11.8 Å². The summed E-state index contributed by atoms with van der Waals surface area (Å²) in [6, 6.07) is 18.4. The van der Waals surface area contributed by atoms with Crippen LogP contribution < -0.4 is 9.64 Å². The van der Waals surface area contributed by atoms with E-state index < -0.39 is 0 Å². The molecule has 6 heteroatoms. The van der Waals surface area contributed by atoms with Crippen molar-refractivity contribution in [2.75, 3.05) is 51.8 Å². The summed E-state index contributed by atoms with van der Waals surface area (Å²) in [4.78, 5) is 31.5. The van der Waals surface area contributed by atoms with Gasteiger partial charge in [0.1, 0.15) is 5.75 Å². The van der Waals surface area contributed by atoms with E-state index in [0.29, 0.717) is 19.5 Å². The van der Waals surface area contributed by atoms with E-state index in [-0.39, 0.29) is 17.7 Å². The summed E-state index contributed by atoms with van der Waals surface area (Å²) >= 11 is 0. The highest BCUT2D eigenvalue weighted by Gasteiger charge is 2.35. The first-order valence-corrected chi connectivity index (χ1v) is 12.5. The zero-order chi connectivity index (χ0) is 23.9. The smallest absolute Gasteiger partial charge is 0.232 e. The molecule has 0 N–H and O–H groups in total. The monoisotopic (exact) mass is 463 g/mol. The van der Waals surface area contributed by atoms with E-state index in [0.717, 1.165) is 43.4 Å². The molecule has 0 spiro atoms. The number of ether oxygens (including phenoxy) is 1. The highest BCUT2D eigenvalue weighted by Crippen LogP contribution is 2.26. The summed E-state index contributed by atoms with van der Waals surface area (Å²) in [6.07, 6.45) is 4.84. The van der Waals surface area contributed by atoms with E-state index in [2.05, 4.69) is 35.2 Å². The molecule has 6 nitrogen and oxygen atoms in total. The molecular weight excluding hydrogens is 426 g/mol. The molecule has 0 radical (unpaired) electrons. The van der Waals surface area contributed by atoms with E-state index in [1.54, 1.807) is 19.1 Å². The molecule has 0 aliphatic carbocycles. The maximum atomic E-state index is 13.4. The Morgan fingerprint density at radius 2 is 1.76 bits per heavy atom. The first-order valence-electron chi connectivity index (χ1n) is 12.5. The van der Waals surface area contributed by atoms with Crippen LogP contribution in [0.15, 0.2) is 54.6 Å². The predicted octanol–water partition coefficient (Wildman–Crippen LogP) is 3.85. The maximum Gasteiger partial charge on any atom is 0.232 e. The molecule has 1 unspecified atom stereocenters. The van der Waals surface area contributed by atoms with Crippen LogP contribution in [0, 0.1) is 11.8 Å². The molecule has 2 aromatic carbocycles. The first-order chi connectivity index (χ1) is 16.5. The van der Waals surface area contributed by atoms with E-state index in [1.807, 2.05) is 29.2 Å². The molecular formula is C28H37N3O3. The lowest BCUT2D eigenvalue weighted by Gasteiger charge is -2.33. The van der Waals surface area contributed by atoms with Crippen molar-refractivity contribution < 1.29 is 14.3 Å². The number of amides is 2. The molecule has 2 fully saturated rings. The molecule has 2 aliphatic rings. The largest absolute Gasteiger partial charge is 0.497 e. The number of carbonyl (C=O) groups is 2. The van der Waals surface area contributed by atoms with Gasteiger partial charge in [-0.15, -0.1) is 0 Å². The van der Waals surface area contributed by atoms with Gasteiger partial charge in [0.05, 0.1) is 13.0 Å². The van der Waals surface area contributed by atoms with Crippen LogP contribution in [0.4, 0.5) is 5.69 Å². The summed E-state index contributed by atoms with van der Waals surface area (Å²) < 4.78 is 5.28. The van der Waals surface area contributed by atoms with E-state index in [4.69, 9.17) is 4.74 Å². The third-order valence-electron chi connectivity index (χ3n) is 7.27. The van der Waals surface area contributed by atoms with Gasteiger partial charge in [0.15, 0.2) is 0 Å². The van der Waals surface area contributed by atoms with Crippen molar-refractivity contribution in [3.8, 4) is 5.75 Å². The van der Waals surface area contributed by atoms with Crippen LogP contribution in [0.5, 0.6) is 5.75 Å². The summed E-state index contributed by atoms with van der Waals surface area (Å²) in [5, 5.41) is 0. The second-order valence-electron chi connectivity index (χ2n) is 9.69. The SMILES string of the molecule is COc1ccc(N(CCCN2CCC(Cc3ccccc3)CC2)C(=O)C2CC(=O)N(C)C2)cc1. The van der Waals surface area contributed by atoms with Crippen molar-refractivity contribution >= 4 is 17.5 Å². The zero-order valence-electron chi connectivity index (χ0n) is 20.5. The van der Waals surface area contributed by atoms with Crippen LogP contribution in [0.3, 0.4) is 0 Å². The number of methoxy groups -OCH3 is 1. The maximum absolute atomic E-state index is 13.4. The number of likely N-dealkylation sites (tertiary alicyclic amines) is 2. The average Bonchev–Trinajstić information content (AvgIpc) is 3.21. The van der Waals surface area contributed by atoms with Gasteiger partial charge in [-0.1, -0.05) is 30.3 Å². The lowest BCUT2D eigenvalue weighted by Crippen LogP contribution is -2.40. The number of hydrogen-bond acceptors (Lipinski definition) is 4. The van der Waals surface area contributed by atoms with Gasteiger partial charge in [0, 0.05) is 32.2 Å². The fourth-order valence-corrected chi connectivity index (χ4v) is 5.19. The molecule has 0 saturated carbocycles. The Hall–Kier alpha value is -2.86. The number of nitrogens with zero attached hydrogens (tertiary/aromatic N) is 3. The fraction of sp³-hybridized carbons (Fsp3) is 0.500. The van der Waals surface area contributed by atoms with Gasteiger partial charge in [-0.3, -0.25) is 9.59 Å². The van der Waals surface area contributed by atoms with E-state index >= 15 is 0 Å². The second kappa shape index (κ2) is 11.5. The normalized spacial score (nSPS) is 19.4. The third kappa shape index (κ3) is 6.17. The molecule has 34 heavy (non-hydrogen) atoms. The van der Waals surface area contributed by atoms with E-state index in [1.165, 1.54) is 24.8 Å². The van der Waals surface area contributed by atoms with Crippen molar-refractivity contribution in [1.29, 1.82) is 0 Å². The van der Waals surface area contributed by atoms with Crippen molar-refractivity contribution in [2.45, 2.75) is 32.1 Å². The molecule has 0 aromatic heterocycles. The summed E-state index contributed by atoms with van der Waals surface area (Å²) in [5.74, 6) is 1.35. The Morgan fingerprint density at radius 1 is 1.06 bits per heavy atom. The Labute approximate surface area is 203 Å². The van der Waals surface area contributed by atoms with Crippen molar-refractivity contribution in [2.24, 2.45) is 11.8 Å². The molecule has 2 heterocycles. The van der Waals surface area contributed by atoms with Gasteiger partial charge in [-0.25, -0.2) is 0 Å². The minimum absolute atomic E-state index is 0.0458. The highest BCUT2D eigenvalue weighted by molar-refractivity contribution is 5.99. The molecule has 2 aromatic rings. The Balaban J connectivity index is 1.31. The molecule has 2 aliphatic heterocycles. The van der Waals surface area contributed by atoms with Crippen LogP contribution in [0.1, 0.15) is 31.2 Å². The topological polar surface area (TPSA) is 53.1 Å². The van der Waals surface area contributed by atoms with E-state index in [9.17, 15) is 9.59 Å². The van der Waals surface area contributed by atoms with Crippen LogP contribution >= 0.6 is 0 Å². The minimum atomic E-state index is -0.270. The van der Waals surface area contributed by atoms with Gasteiger partial charge in [0.25, 0.3) is 0 Å². The van der Waals surface area contributed by atoms with Crippen LogP contribution in [0.25, 0.3) is 0 Å².